The molecule has 112 valence electrons. The molecule has 1 atom stereocenters. The number of hydrogen-bond acceptors (Lipinski definition) is 5. The number of carbonyl (C=O) groups is 2. The Morgan fingerprint density at radius 3 is 2.76 bits per heavy atom. The summed E-state index contributed by atoms with van der Waals surface area (Å²) in [6.45, 7) is 1.28. The fraction of sp³-hybridized carbons (Fsp3) is 0.357. The third kappa shape index (κ3) is 5.36. The molecule has 0 spiro atoms. The average Bonchev–Trinajstić information content (AvgIpc) is 2.45. The van der Waals surface area contributed by atoms with E-state index in [9.17, 15) is 9.59 Å². The van der Waals surface area contributed by atoms with Crippen LogP contribution in [0.25, 0.3) is 0 Å². The van der Waals surface area contributed by atoms with Crippen molar-refractivity contribution in [1.82, 2.24) is 5.32 Å². The maximum Gasteiger partial charge on any atom is 0.327 e. The van der Waals surface area contributed by atoms with Gasteiger partial charge in [-0.15, -0.1) is 0 Å². The first kappa shape index (κ1) is 16.9. The number of aliphatic carboxylic acids is 1. The zero-order valence-corrected chi connectivity index (χ0v) is 12.6. The van der Waals surface area contributed by atoms with Crippen LogP contribution in [0.5, 0.6) is 5.75 Å². The summed E-state index contributed by atoms with van der Waals surface area (Å²) in [5, 5.41) is 20.4. The topological polar surface area (TPSA) is 99.4 Å². The molecule has 21 heavy (non-hydrogen) atoms. The Morgan fingerprint density at radius 2 is 2.24 bits per heavy atom. The van der Waals surface area contributed by atoms with E-state index < -0.39 is 12.0 Å². The largest absolute Gasteiger partial charge is 0.495 e. The fourth-order valence-electron chi connectivity index (χ4n) is 1.65. The molecule has 0 aliphatic carbocycles. The third-order valence-corrected chi connectivity index (χ3v) is 3.72. The number of hydrogen-bond donors (Lipinski definition) is 2. The van der Waals surface area contributed by atoms with Gasteiger partial charge in [-0.1, -0.05) is 6.07 Å². The Labute approximate surface area is 127 Å². The summed E-state index contributed by atoms with van der Waals surface area (Å²) >= 11 is 1.37. The highest BCUT2D eigenvalue weighted by Gasteiger charge is 2.18. The fourth-order valence-corrected chi connectivity index (χ4v) is 2.64. The number of ether oxygens (including phenoxy) is 1. The van der Waals surface area contributed by atoms with Gasteiger partial charge in [0, 0.05) is 18.4 Å². The lowest BCUT2D eigenvalue weighted by Gasteiger charge is -2.13. The summed E-state index contributed by atoms with van der Waals surface area (Å²) < 4.78 is 5.05. The van der Waals surface area contributed by atoms with E-state index in [0.717, 1.165) is 5.56 Å². The van der Waals surface area contributed by atoms with Gasteiger partial charge in [0.15, 0.2) is 0 Å². The van der Waals surface area contributed by atoms with Crippen LogP contribution >= 0.6 is 11.8 Å². The van der Waals surface area contributed by atoms with Crippen LogP contribution < -0.4 is 10.1 Å². The van der Waals surface area contributed by atoms with Crippen LogP contribution in [0, 0.1) is 11.3 Å². The molecule has 0 bridgehead atoms. The molecule has 0 aliphatic rings. The van der Waals surface area contributed by atoms with Crippen LogP contribution in [0.15, 0.2) is 18.2 Å². The summed E-state index contributed by atoms with van der Waals surface area (Å²) in [5.41, 5.74) is 1.33. The first-order chi connectivity index (χ1) is 9.97. The molecule has 1 amide bonds. The molecule has 0 saturated heterocycles. The molecule has 1 aromatic carbocycles. The molecule has 0 radical (unpaired) electrons. The molecule has 0 unspecified atom stereocenters. The van der Waals surface area contributed by atoms with E-state index >= 15 is 0 Å². The Kier molecular flexibility index (Phi) is 6.56. The number of nitrogens with zero attached hydrogens (tertiary/aromatic N) is 1. The molecule has 0 aliphatic heterocycles. The van der Waals surface area contributed by atoms with Crippen molar-refractivity contribution in [2.24, 2.45) is 0 Å². The van der Waals surface area contributed by atoms with Crippen LogP contribution in [-0.4, -0.2) is 35.9 Å². The van der Waals surface area contributed by atoms with Crippen molar-refractivity contribution in [3.05, 3.63) is 29.3 Å². The van der Waals surface area contributed by atoms with Crippen LogP contribution in [0.4, 0.5) is 0 Å². The minimum atomic E-state index is -1.06. The first-order valence-corrected chi connectivity index (χ1v) is 7.28. The number of carbonyl (C=O) groups excluding carboxylic acids is 1. The Hall–Kier alpha value is -2.20. The molecule has 2 N–H and O–H groups in total. The summed E-state index contributed by atoms with van der Waals surface area (Å²) in [4.78, 5) is 21.9. The zero-order valence-electron chi connectivity index (χ0n) is 11.8. The predicted molar refractivity (Wildman–Crippen MR) is 79.1 cm³/mol. The standard InChI is InChI=1S/C14H16N2O4S/c1-9(17)16-12(14(18)19)8-21-7-10-3-4-13(20-2)11(5-10)6-15/h3-5,12H,7-8H2,1-2H3,(H,16,17)(H,18,19)/t12-/m0/s1. The van der Waals surface area contributed by atoms with Gasteiger partial charge in [0.25, 0.3) is 0 Å². The highest BCUT2D eigenvalue weighted by atomic mass is 32.2. The number of benzene rings is 1. The maximum absolute atomic E-state index is 11.0. The number of carboxylic acid groups (broad SMARTS) is 1. The van der Waals surface area contributed by atoms with E-state index in [1.807, 2.05) is 12.1 Å². The van der Waals surface area contributed by atoms with Crippen LogP contribution in [0.2, 0.25) is 0 Å². The lowest BCUT2D eigenvalue weighted by Crippen LogP contribution is -2.41. The quantitative estimate of drug-likeness (QED) is 0.789. The minimum absolute atomic E-state index is 0.253. The highest BCUT2D eigenvalue weighted by Crippen LogP contribution is 2.22. The van der Waals surface area contributed by atoms with Gasteiger partial charge >= 0.3 is 5.97 Å². The van der Waals surface area contributed by atoms with Crippen molar-refractivity contribution in [1.29, 1.82) is 5.26 Å². The van der Waals surface area contributed by atoms with Crippen LogP contribution in [-0.2, 0) is 15.3 Å². The molecule has 7 heteroatoms. The minimum Gasteiger partial charge on any atom is -0.495 e. The van der Waals surface area contributed by atoms with Crippen molar-refractivity contribution in [3.63, 3.8) is 0 Å². The molecule has 0 saturated carbocycles. The van der Waals surface area contributed by atoms with E-state index in [1.165, 1.54) is 25.8 Å². The lowest BCUT2D eigenvalue weighted by atomic mass is 10.1. The summed E-state index contributed by atoms with van der Waals surface area (Å²) in [6.07, 6.45) is 0. The molecular weight excluding hydrogens is 292 g/mol. The smallest absolute Gasteiger partial charge is 0.327 e. The van der Waals surface area contributed by atoms with Gasteiger partial charge < -0.3 is 15.2 Å². The van der Waals surface area contributed by atoms with Crippen molar-refractivity contribution in [3.8, 4) is 11.8 Å². The normalized spacial score (nSPS) is 11.3. The molecule has 1 rings (SSSR count). The second-order valence-corrected chi connectivity index (χ2v) is 5.28. The lowest BCUT2D eigenvalue weighted by molar-refractivity contribution is -0.140. The number of carboxylic acids is 1. The van der Waals surface area contributed by atoms with Crippen molar-refractivity contribution >= 4 is 23.6 Å². The van der Waals surface area contributed by atoms with Gasteiger partial charge in [0.1, 0.15) is 17.9 Å². The molecule has 0 heterocycles. The van der Waals surface area contributed by atoms with Crippen LogP contribution in [0.1, 0.15) is 18.1 Å². The summed E-state index contributed by atoms with van der Waals surface area (Å²) in [5.74, 6) is -0.137. The van der Waals surface area contributed by atoms with E-state index in [2.05, 4.69) is 5.32 Å². The number of methoxy groups -OCH3 is 1. The molecular formula is C14H16N2O4S. The maximum atomic E-state index is 11.0. The molecule has 6 nitrogen and oxygen atoms in total. The van der Waals surface area contributed by atoms with Gasteiger partial charge in [0.05, 0.1) is 12.7 Å². The SMILES string of the molecule is COc1ccc(CSC[C@H](NC(C)=O)C(=O)O)cc1C#N. The molecule has 0 fully saturated rings. The molecule has 0 aromatic heterocycles. The van der Waals surface area contributed by atoms with E-state index in [4.69, 9.17) is 15.1 Å². The number of thioether (sulfide) groups is 1. The van der Waals surface area contributed by atoms with E-state index in [-0.39, 0.29) is 11.7 Å². The summed E-state index contributed by atoms with van der Waals surface area (Å²) in [7, 11) is 1.50. The van der Waals surface area contributed by atoms with Crippen molar-refractivity contribution < 1.29 is 19.4 Å². The van der Waals surface area contributed by atoms with E-state index in [1.54, 1.807) is 12.1 Å². The number of amides is 1. The Balaban J connectivity index is 2.61. The zero-order chi connectivity index (χ0) is 15.8. The van der Waals surface area contributed by atoms with Gasteiger partial charge in [0.2, 0.25) is 5.91 Å². The monoisotopic (exact) mass is 308 g/mol. The van der Waals surface area contributed by atoms with Crippen molar-refractivity contribution in [2.45, 2.75) is 18.7 Å². The van der Waals surface area contributed by atoms with Gasteiger partial charge in [-0.3, -0.25) is 4.79 Å². The highest BCUT2D eigenvalue weighted by molar-refractivity contribution is 7.98. The number of nitrogens with one attached hydrogen (secondary N) is 1. The van der Waals surface area contributed by atoms with Crippen LogP contribution in [0.3, 0.4) is 0 Å². The van der Waals surface area contributed by atoms with Crippen molar-refractivity contribution in [2.75, 3.05) is 12.9 Å². The number of nitriles is 1. The van der Waals surface area contributed by atoms with E-state index in [0.29, 0.717) is 17.1 Å². The second-order valence-electron chi connectivity index (χ2n) is 4.25. The Bertz CT molecular complexity index is 569. The predicted octanol–water partition coefficient (Wildman–Crippen LogP) is 1.39. The molecule has 1 aromatic rings. The second kappa shape index (κ2) is 8.17. The first-order valence-electron chi connectivity index (χ1n) is 6.12. The van der Waals surface area contributed by atoms with Gasteiger partial charge in [-0.25, -0.2) is 4.79 Å². The van der Waals surface area contributed by atoms with Gasteiger partial charge in [-0.05, 0) is 17.7 Å². The summed E-state index contributed by atoms with van der Waals surface area (Å²) in [6, 6.07) is 6.36. The number of rotatable bonds is 7. The third-order valence-electron chi connectivity index (χ3n) is 2.61. The Morgan fingerprint density at radius 1 is 1.52 bits per heavy atom. The van der Waals surface area contributed by atoms with Gasteiger partial charge in [-0.2, -0.15) is 17.0 Å². The average molecular weight is 308 g/mol.